The molecule has 0 radical (unpaired) electrons. The molecule has 1 N–H and O–H groups in total. The summed E-state index contributed by atoms with van der Waals surface area (Å²) >= 11 is 0. The van der Waals surface area contributed by atoms with Crippen LogP contribution in [0.3, 0.4) is 0 Å². The van der Waals surface area contributed by atoms with Crippen LogP contribution in [-0.4, -0.2) is 16.7 Å². The normalized spacial score (nSPS) is 19.0. The summed E-state index contributed by atoms with van der Waals surface area (Å²) in [5, 5.41) is 9.47. The zero-order valence-electron chi connectivity index (χ0n) is 15.2. The second-order valence-corrected chi connectivity index (χ2v) is 6.92. The van der Waals surface area contributed by atoms with Crippen LogP contribution in [0, 0.1) is 20.8 Å². The Morgan fingerprint density at radius 1 is 1.16 bits per heavy atom. The van der Waals surface area contributed by atoms with Crippen molar-refractivity contribution < 1.29 is 19.4 Å². The molecule has 0 saturated carbocycles. The molecular weight excluding hydrogens is 316 g/mol. The van der Waals surface area contributed by atoms with Gasteiger partial charge in [-0.3, -0.25) is 0 Å². The zero-order valence-corrected chi connectivity index (χ0v) is 15.2. The fraction of sp³-hybridized carbons (Fsp3) is 0.381. The second-order valence-electron chi connectivity index (χ2n) is 6.92. The van der Waals surface area contributed by atoms with E-state index in [2.05, 4.69) is 0 Å². The van der Waals surface area contributed by atoms with E-state index in [1.165, 1.54) is 0 Å². The molecule has 2 aromatic rings. The van der Waals surface area contributed by atoms with Gasteiger partial charge in [-0.25, -0.2) is 4.79 Å². The monoisotopic (exact) mass is 340 g/mol. The summed E-state index contributed by atoms with van der Waals surface area (Å²) < 4.78 is 12.1. The van der Waals surface area contributed by atoms with Gasteiger partial charge >= 0.3 is 5.97 Å². The van der Waals surface area contributed by atoms with E-state index in [0.29, 0.717) is 25.2 Å². The number of ether oxygens (including phenoxy) is 2. The Bertz CT molecular complexity index is 811. The van der Waals surface area contributed by atoms with Crippen molar-refractivity contribution in [2.45, 2.75) is 52.7 Å². The molecule has 132 valence electrons. The molecule has 0 aromatic heterocycles. The summed E-state index contributed by atoms with van der Waals surface area (Å²) in [6, 6.07) is 10.1. The molecule has 1 aliphatic heterocycles. The molecule has 0 saturated heterocycles. The van der Waals surface area contributed by atoms with Crippen molar-refractivity contribution in [2.24, 2.45) is 0 Å². The first-order valence-electron chi connectivity index (χ1n) is 8.55. The molecule has 25 heavy (non-hydrogen) atoms. The standard InChI is InChI=1S/C21H24O4/c1-13-14(2)19-17(10-11-21(4,25-19)20(22)23)15(3)18(13)24-12-16-8-6-5-7-9-16/h5-9H,10-12H2,1-4H3,(H,22,23)/t21-/m0/s1. The van der Waals surface area contributed by atoms with E-state index in [4.69, 9.17) is 9.47 Å². The van der Waals surface area contributed by atoms with Gasteiger partial charge in [-0.15, -0.1) is 0 Å². The maximum Gasteiger partial charge on any atom is 0.347 e. The molecule has 0 fully saturated rings. The average molecular weight is 340 g/mol. The van der Waals surface area contributed by atoms with Gasteiger partial charge in [-0.2, -0.15) is 0 Å². The molecule has 1 atom stereocenters. The quantitative estimate of drug-likeness (QED) is 0.898. The first kappa shape index (κ1) is 17.3. The molecular formula is C21H24O4. The summed E-state index contributed by atoms with van der Waals surface area (Å²) in [6.45, 7) is 8.14. The third-order valence-corrected chi connectivity index (χ3v) is 5.17. The van der Waals surface area contributed by atoms with Crippen LogP contribution in [0.2, 0.25) is 0 Å². The Labute approximate surface area is 148 Å². The number of carboxylic acids is 1. The first-order valence-corrected chi connectivity index (χ1v) is 8.55. The average Bonchev–Trinajstić information content (AvgIpc) is 2.60. The van der Waals surface area contributed by atoms with Crippen molar-refractivity contribution >= 4 is 5.97 Å². The number of aliphatic carboxylic acids is 1. The van der Waals surface area contributed by atoms with Gasteiger partial charge in [0.2, 0.25) is 5.60 Å². The number of rotatable bonds is 4. The number of carbonyl (C=O) groups is 1. The summed E-state index contributed by atoms with van der Waals surface area (Å²) in [6.07, 6.45) is 1.13. The molecule has 0 amide bonds. The number of hydrogen-bond donors (Lipinski definition) is 1. The van der Waals surface area contributed by atoms with E-state index in [9.17, 15) is 9.90 Å². The Balaban J connectivity index is 1.95. The minimum Gasteiger partial charge on any atom is -0.488 e. The topological polar surface area (TPSA) is 55.8 Å². The van der Waals surface area contributed by atoms with Crippen LogP contribution in [0.25, 0.3) is 0 Å². The SMILES string of the molecule is Cc1c(C)c2c(c(C)c1OCc1ccccc1)CC[C@@](C)(C(=O)O)O2. The van der Waals surface area contributed by atoms with Gasteiger partial charge in [0.15, 0.2) is 0 Å². The van der Waals surface area contributed by atoms with Crippen molar-refractivity contribution in [1.29, 1.82) is 0 Å². The van der Waals surface area contributed by atoms with Crippen LogP contribution in [0.4, 0.5) is 0 Å². The van der Waals surface area contributed by atoms with Crippen molar-refractivity contribution in [1.82, 2.24) is 0 Å². The third kappa shape index (κ3) is 3.09. The van der Waals surface area contributed by atoms with Crippen LogP contribution < -0.4 is 9.47 Å². The van der Waals surface area contributed by atoms with Crippen molar-refractivity contribution in [3.8, 4) is 11.5 Å². The highest BCUT2D eigenvalue weighted by molar-refractivity contribution is 5.78. The number of benzene rings is 2. The maximum absolute atomic E-state index is 11.5. The summed E-state index contributed by atoms with van der Waals surface area (Å²) in [5.41, 5.74) is 4.01. The summed E-state index contributed by atoms with van der Waals surface area (Å²) in [4.78, 5) is 11.5. The van der Waals surface area contributed by atoms with Gasteiger partial charge in [-0.1, -0.05) is 30.3 Å². The van der Waals surface area contributed by atoms with Crippen molar-refractivity contribution in [3.63, 3.8) is 0 Å². The molecule has 3 rings (SSSR count). The Kier molecular flexibility index (Phi) is 4.46. The molecule has 0 unspecified atom stereocenters. The fourth-order valence-corrected chi connectivity index (χ4v) is 3.33. The first-order chi connectivity index (χ1) is 11.8. The molecule has 2 aromatic carbocycles. The van der Waals surface area contributed by atoms with Gasteiger partial charge in [0, 0.05) is 12.0 Å². The summed E-state index contributed by atoms with van der Waals surface area (Å²) in [5.74, 6) is 0.665. The zero-order chi connectivity index (χ0) is 18.2. The van der Waals surface area contributed by atoms with E-state index in [0.717, 1.165) is 33.6 Å². The molecule has 0 bridgehead atoms. The second kappa shape index (κ2) is 6.43. The van der Waals surface area contributed by atoms with Crippen LogP contribution in [0.1, 0.15) is 41.2 Å². The number of carboxylic acid groups (broad SMARTS) is 1. The van der Waals surface area contributed by atoms with E-state index in [-0.39, 0.29) is 0 Å². The highest BCUT2D eigenvalue weighted by atomic mass is 16.5. The molecule has 0 aliphatic carbocycles. The molecule has 1 heterocycles. The van der Waals surface area contributed by atoms with E-state index in [1.807, 2.05) is 51.1 Å². The Morgan fingerprint density at radius 2 is 1.84 bits per heavy atom. The maximum atomic E-state index is 11.5. The lowest BCUT2D eigenvalue weighted by atomic mass is 9.87. The molecule has 4 nitrogen and oxygen atoms in total. The predicted molar refractivity (Wildman–Crippen MR) is 96.4 cm³/mol. The van der Waals surface area contributed by atoms with Gasteiger partial charge in [0.05, 0.1) is 0 Å². The van der Waals surface area contributed by atoms with E-state index < -0.39 is 11.6 Å². The molecule has 4 heteroatoms. The summed E-state index contributed by atoms with van der Waals surface area (Å²) in [7, 11) is 0. The van der Waals surface area contributed by atoms with Crippen LogP contribution in [-0.2, 0) is 17.8 Å². The highest BCUT2D eigenvalue weighted by Crippen LogP contribution is 2.44. The smallest absolute Gasteiger partial charge is 0.347 e. The van der Waals surface area contributed by atoms with Crippen LogP contribution in [0.15, 0.2) is 30.3 Å². The lowest BCUT2D eigenvalue weighted by Crippen LogP contribution is -2.44. The lowest BCUT2D eigenvalue weighted by Gasteiger charge is -2.35. The van der Waals surface area contributed by atoms with Gasteiger partial charge in [0.1, 0.15) is 18.1 Å². The third-order valence-electron chi connectivity index (χ3n) is 5.17. The van der Waals surface area contributed by atoms with Gasteiger partial charge in [0.25, 0.3) is 0 Å². The molecule has 1 aliphatic rings. The number of hydrogen-bond acceptors (Lipinski definition) is 3. The minimum absolute atomic E-state index is 0.455. The molecule has 0 spiro atoms. The van der Waals surface area contributed by atoms with Gasteiger partial charge < -0.3 is 14.6 Å². The Hall–Kier alpha value is -2.49. The minimum atomic E-state index is -1.16. The van der Waals surface area contributed by atoms with Gasteiger partial charge in [-0.05, 0) is 56.4 Å². The predicted octanol–water partition coefficient (Wildman–Crippen LogP) is 4.36. The van der Waals surface area contributed by atoms with Crippen LogP contribution >= 0.6 is 0 Å². The Morgan fingerprint density at radius 3 is 2.48 bits per heavy atom. The van der Waals surface area contributed by atoms with E-state index in [1.54, 1.807) is 6.92 Å². The van der Waals surface area contributed by atoms with E-state index >= 15 is 0 Å². The fourth-order valence-electron chi connectivity index (χ4n) is 3.33. The highest BCUT2D eigenvalue weighted by Gasteiger charge is 2.40. The van der Waals surface area contributed by atoms with Crippen molar-refractivity contribution in [3.05, 3.63) is 58.1 Å². The van der Waals surface area contributed by atoms with Crippen molar-refractivity contribution in [2.75, 3.05) is 0 Å². The largest absolute Gasteiger partial charge is 0.488 e. The lowest BCUT2D eigenvalue weighted by molar-refractivity contribution is -0.155. The number of fused-ring (bicyclic) bond motifs is 1. The van der Waals surface area contributed by atoms with Crippen LogP contribution in [0.5, 0.6) is 11.5 Å².